The lowest BCUT2D eigenvalue weighted by atomic mass is 9.80. The van der Waals surface area contributed by atoms with Crippen LogP contribution >= 0.6 is 0 Å². The van der Waals surface area contributed by atoms with Gasteiger partial charge in [-0.1, -0.05) is 0 Å². The Morgan fingerprint density at radius 2 is 0.941 bits per heavy atom. The third-order valence-corrected chi connectivity index (χ3v) is 2.15. The average molecular weight is 277 g/mol. The van der Waals surface area contributed by atoms with Crippen LogP contribution in [0.2, 0.25) is 0 Å². The Kier molecular flexibility index (Phi) is 4.36. The van der Waals surface area contributed by atoms with Gasteiger partial charge in [0.2, 0.25) is 0 Å². The number of alkyl halides is 9. The maximum Gasteiger partial charge on any atom is 0.412 e. The minimum atomic E-state index is -6.56. The van der Waals surface area contributed by atoms with E-state index in [2.05, 4.69) is 0 Å². The van der Waals surface area contributed by atoms with Crippen molar-refractivity contribution >= 4 is 0 Å². The molecule has 0 saturated heterocycles. The van der Waals surface area contributed by atoms with E-state index in [9.17, 15) is 44.6 Å². The molecule has 0 fully saturated rings. The van der Waals surface area contributed by atoms with Crippen LogP contribution in [0.25, 0.3) is 0 Å². The highest BCUT2D eigenvalue weighted by Gasteiger charge is 2.82. The Bertz CT molecular complexity index is 212. The summed E-state index contributed by atoms with van der Waals surface area (Å²) in [5.74, 6) is 0. The van der Waals surface area contributed by atoms with Gasteiger partial charge in [0.15, 0.2) is 0 Å². The lowest BCUT2D eigenvalue weighted by molar-refractivity contribution is -0.429. The summed E-state index contributed by atoms with van der Waals surface area (Å²) in [6.45, 7) is -1.45. The van der Waals surface area contributed by atoms with Gasteiger partial charge < -0.3 is 0 Å². The monoisotopic (exact) mass is 277 g/mol. The Hall–Kier alpha value is -0.670. The fraction of sp³-hybridized carbons (Fsp3) is 1.00. The predicted molar refractivity (Wildman–Crippen MR) is 35.4 cm³/mol. The van der Waals surface area contributed by atoms with E-state index in [0.29, 0.717) is 0 Å². The van der Waals surface area contributed by atoms with Crippen LogP contribution < -0.4 is 0 Å². The number of rotatable bonds is 3. The fourth-order valence-electron chi connectivity index (χ4n) is 1.24. The molecule has 0 N–H and O–H groups in total. The highest BCUT2D eigenvalue weighted by atomic mass is 19.4. The number of hydrogen-bond acceptors (Lipinski definition) is 0. The molecule has 1 nitrogen and oxygen atoms in total. The normalized spacial score (nSPS) is 15.2. The quantitative estimate of drug-likeness (QED) is 0.698. The molecule has 0 rings (SSSR count). The molecule has 0 atom stereocenters. The van der Waals surface area contributed by atoms with Gasteiger partial charge in [0.05, 0.1) is 6.61 Å². The van der Waals surface area contributed by atoms with Crippen molar-refractivity contribution in [2.45, 2.75) is 31.4 Å². The SMILES string of the molecule is [O]CCCC(C(F)(F)F)(C(F)(F)F)C(F)(F)F. The molecule has 0 aromatic heterocycles. The van der Waals surface area contributed by atoms with Crippen LogP contribution in [0.5, 0.6) is 0 Å². The highest BCUT2D eigenvalue weighted by Crippen LogP contribution is 2.61. The predicted octanol–water partition coefficient (Wildman–Crippen LogP) is 3.87. The minimum absolute atomic E-state index is 1.38. The van der Waals surface area contributed by atoms with Crippen molar-refractivity contribution in [3.63, 3.8) is 0 Å². The molecule has 0 heterocycles. The fourth-order valence-corrected chi connectivity index (χ4v) is 1.24. The van der Waals surface area contributed by atoms with Gasteiger partial charge in [0, 0.05) is 0 Å². The topological polar surface area (TPSA) is 19.9 Å². The molecule has 103 valence electrons. The summed E-state index contributed by atoms with van der Waals surface area (Å²) in [6, 6.07) is 0. The zero-order chi connectivity index (χ0) is 14.1. The summed E-state index contributed by atoms with van der Waals surface area (Å²) in [7, 11) is 0. The second-order valence-corrected chi connectivity index (χ2v) is 3.21. The lowest BCUT2D eigenvalue weighted by Crippen LogP contribution is -2.59. The van der Waals surface area contributed by atoms with Gasteiger partial charge in [-0.15, -0.1) is 0 Å². The zero-order valence-electron chi connectivity index (χ0n) is 7.93. The molecular weight excluding hydrogens is 271 g/mol. The third-order valence-electron chi connectivity index (χ3n) is 2.15. The van der Waals surface area contributed by atoms with E-state index >= 15 is 0 Å². The molecular formula is C7H6F9O. The maximum absolute atomic E-state index is 12.1. The van der Waals surface area contributed by atoms with Crippen molar-refractivity contribution in [1.29, 1.82) is 0 Å². The minimum Gasteiger partial charge on any atom is -0.237 e. The van der Waals surface area contributed by atoms with Gasteiger partial charge in [-0.25, -0.2) is 5.11 Å². The largest absolute Gasteiger partial charge is 0.412 e. The summed E-state index contributed by atoms with van der Waals surface area (Å²) in [6.07, 6.45) is -23.4. The first-order chi connectivity index (χ1) is 7.31. The molecule has 0 amide bonds. The second-order valence-electron chi connectivity index (χ2n) is 3.21. The Morgan fingerprint density at radius 1 is 0.647 bits per heavy atom. The molecule has 17 heavy (non-hydrogen) atoms. The van der Waals surface area contributed by atoms with Gasteiger partial charge in [-0.2, -0.15) is 39.5 Å². The first kappa shape index (κ1) is 16.3. The summed E-state index contributed by atoms with van der Waals surface area (Å²) in [5, 5.41) is 9.86. The van der Waals surface area contributed by atoms with Gasteiger partial charge in [-0.3, -0.25) is 0 Å². The first-order valence-corrected chi connectivity index (χ1v) is 4.09. The van der Waals surface area contributed by atoms with E-state index in [1.807, 2.05) is 0 Å². The van der Waals surface area contributed by atoms with Gasteiger partial charge in [-0.05, 0) is 12.8 Å². The highest BCUT2D eigenvalue weighted by molar-refractivity contribution is 4.99. The summed E-state index contributed by atoms with van der Waals surface area (Å²) in [4.78, 5) is 0. The standard InChI is InChI=1S/C7H6F9O/c8-5(9,10)4(2-1-3-17,6(11,12)13)7(14,15)16/h1-3H2. The van der Waals surface area contributed by atoms with Gasteiger partial charge in [0.1, 0.15) is 0 Å². The summed E-state index contributed by atoms with van der Waals surface area (Å²) in [5.41, 5.74) is -5.84. The van der Waals surface area contributed by atoms with Crippen molar-refractivity contribution in [2.75, 3.05) is 6.61 Å². The molecule has 0 aliphatic heterocycles. The molecule has 10 heteroatoms. The van der Waals surface area contributed by atoms with Gasteiger partial charge >= 0.3 is 18.5 Å². The van der Waals surface area contributed by atoms with Crippen LogP contribution in [-0.2, 0) is 5.11 Å². The maximum atomic E-state index is 12.1. The van der Waals surface area contributed by atoms with Crippen molar-refractivity contribution in [2.24, 2.45) is 5.41 Å². The van der Waals surface area contributed by atoms with Crippen molar-refractivity contribution in [3.8, 4) is 0 Å². The van der Waals surface area contributed by atoms with Crippen molar-refractivity contribution in [3.05, 3.63) is 0 Å². The van der Waals surface area contributed by atoms with E-state index in [1.165, 1.54) is 0 Å². The lowest BCUT2D eigenvalue weighted by Gasteiger charge is -2.38. The van der Waals surface area contributed by atoms with E-state index in [1.54, 1.807) is 0 Å². The Balaban J connectivity index is 5.75. The van der Waals surface area contributed by atoms with Gasteiger partial charge in [0.25, 0.3) is 5.41 Å². The van der Waals surface area contributed by atoms with Crippen LogP contribution in [-0.4, -0.2) is 25.1 Å². The van der Waals surface area contributed by atoms with Crippen LogP contribution in [0.15, 0.2) is 0 Å². The number of hydrogen-bond donors (Lipinski definition) is 0. The summed E-state index contributed by atoms with van der Waals surface area (Å²) < 4.78 is 109. The van der Waals surface area contributed by atoms with E-state index in [0.717, 1.165) is 0 Å². The van der Waals surface area contributed by atoms with Crippen molar-refractivity contribution in [1.82, 2.24) is 0 Å². The molecule has 0 unspecified atom stereocenters. The Morgan fingerprint density at radius 3 is 1.12 bits per heavy atom. The first-order valence-electron chi connectivity index (χ1n) is 4.09. The van der Waals surface area contributed by atoms with E-state index in [-0.39, 0.29) is 0 Å². The molecule has 0 saturated carbocycles. The molecule has 0 aromatic carbocycles. The molecule has 0 aliphatic rings. The Labute approximate surface area is 89.2 Å². The second kappa shape index (κ2) is 4.54. The molecule has 0 spiro atoms. The zero-order valence-corrected chi connectivity index (χ0v) is 7.93. The van der Waals surface area contributed by atoms with E-state index in [4.69, 9.17) is 0 Å². The third kappa shape index (κ3) is 2.78. The molecule has 1 radical (unpaired) electrons. The van der Waals surface area contributed by atoms with Crippen LogP contribution in [0.3, 0.4) is 0 Å². The number of halogens is 9. The van der Waals surface area contributed by atoms with Crippen LogP contribution in [0, 0.1) is 5.41 Å². The average Bonchev–Trinajstić information content (AvgIpc) is 1.96. The van der Waals surface area contributed by atoms with Crippen LogP contribution in [0.1, 0.15) is 12.8 Å². The summed E-state index contributed by atoms with van der Waals surface area (Å²) >= 11 is 0. The smallest absolute Gasteiger partial charge is 0.237 e. The molecule has 0 bridgehead atoms. The van der Waals surface area contributed by atoms with E-state index < -0.39 is 43.4 Å². The van der Waals surface area contributed by atoms with Crippen molar-refractivity contribution < 1.29 is 44.6 Å². The molecule has 0 aliphatic carbocycles. The van der Waals surface area contributed by atoms with Crippen LogP contribution in [0.4, 0.5) is 39.5 Å². The molecule has 0 aromatic rings.